The molecule has 18 heavy (non-hydrogen) atoms. The van der Waals surface area contributed by atoms with Gasteiger partial charge in [-0.2, -0.15) is 10.1 Å². The predicted octanol–water partition coefficient (Wildman–Crippen LogP) is 0.358. The molecule has 6 heteroatoms. The maximum atomic E-state index is 5.43. The summed E-state index contributed by atoms with van der Waals surface area (Å²) >= 11 is 0. The fourth-order valence-electron chi connectivity index (χ4n) is 3.26. The first-order valence-electron chi connectivity index (χ1n) is 6.90. The molecule has 1 aromatic heterocycles. The SMILES string of the molecule is C1CC2C(CN1)CNc1nc(C3CCOC3)nn12. The van der Waals surface area contributed by atoms with Gasteiger partial charge in [-0.3, -0.25) is 0 Å². The summed E-state index contributed by atoms with van der Waals surface area (Å²) in [4.78, 5) is 4.66. The molecule has 1 aromatic rings. The minimum atomic E-state index is 0.394. The van der Waals surface area contributed by atoms with Crippen LogP contribution in [0.1, 0.15) is 30.6 Å². The Bertz CT molecular complexity index is 440. The second-order valence-electron chi connectivity index (χ2n) is 5.50. The molecule has 98 valence electrons. The van der Waals surface area contributed by atoms with Crippen LogP contribution in [0.25, 0.3) is 0 Å². The lowest BCUT2D eigenvalue weighted by molar-refractivity contribution is 0.192. The lowest BCUT2D eigenvalue weighted by Gasteiger charge is -2.36. The number of hydrogen-bond donors (Lipinski definition) is 2. The van der Waals surface area contributed by atoms with Gasteiger partial charge in [0, 0.05) is 31.5 Å². The Morgan fingerprint density at radius 2 is 2.28 bits per heavy atom. The zero-order valence-electron chi connectivity index (χ0n) is 10.4. The van der Waals surface area contributed by atoms with Crippen LogP contribution in [0, 0.1) is 5.92 Å². The molecular weight excluding hydrogens is 230 g/mol. The fourth-order valence-corrected chi connectivity index (χ4v) is 3.26. The highest BCUT2D eigenvalue weighted by Crippen LogP contribution is 2.33. The second kappa shape index (κ2) is 4.20. The third-order valence-corrected chi connectivity index (χ3v) is 4.35. The van der Waals surface area contributed by atoms with Gasteiger partial charge in [-0.1, -0.05) is 0 Å². The van der Waals surface area contributed by atoms with Crippen LogP contribution >= 0.6 is 0 Å². The Labute approximate surface area is 106 Å². The van der Waals surface area contributed by atoms with Gasteiger partial charge >= 0.3 is 0 Å². The van der Waals surface area contributed by atoms with Crippen molar-refractivity contribution in [1.82, 2.24) is 20.1 Å². The van der Waals surface area contributed by atoms with Crippen molar-refractivity contribution in [2.45, 2.75) is 24.8 Å². The van der Waals surface area contributed by atoms with E-state index in [1.807, 2.05) is 0 Å². The van der Waals surface area contributed by atoms with E-state index in [4.69, 9.17) is 9.84 Å². The van der Waals surface area contributed by atoms with E-state index in [9.17, 15) is 0 Å². The quantitative estimate of drug-likeness (QED) is 0.752. The summed E-state index contributed by atoms with van der Waals surface area (Å²) in [5.41, 5.74) is 0. The Hall–Kier alpha value is -1.14. The van der Waals surface area contributed by atoms with Gasteiger partial charge in [-0.25, -0.2) is 4.68 Å². The highest BCUT2D eigenvalue weighted by molar-refractivity contribution is 5.30. The monoisotopic (exact) mass is 249 g/mol. The van der Waals surface area contributed by atoms with Crippen LogP contribution in [-0.2, 0) is 4.74 Å². The molecule has 2 fully saturated rings. The maximum absolute atomic E-state index is 5.43. The van der Waals surface area contributed by atoms with Crippen LogP contribution in [0.5, 0.6) is 0 Å². The molecule has 0 saturated carbocycles. The third kappa shape index (κ3) is 1.63. The molecule has 4 heterocycles. The van der Waals surface area contributed by atoms with E-state index in [2.05, 4.69) is 20.3 Å². The van der Waals surface area contributed by atoms with E-state index >= 15 is 0 Å². The average Bonchev–Trinajstić information content (AvgIpc) is 3.07. The van der Waals surface area contributed by atoms with Crippen LogP contribution in [-0.4, -0.2) is 47.6 Å². The first-order chi connectivity index (χ1) is 8.92. The largest absolute Gasteiger partial charge is 0.381 e. The van der Waals surface area contributed by atoms with Crippen molar-refractivity contribution < 1.29 is 4.74 Å². The van der Waals surface area contributed by atoms with Crippen LogP contribution in [0.15, 0.2) is 0 Å². The van der Waals surface area contributed by atoms with Crippen molar-refractivity contribution in [3.8, 4) is 0 Å². The van der Waals surface area contributed by atoms with Crippen molar-refractivity contribution in [3.05, 3.63) is 5.82 Å². The van der Waals surface area contributed by atoms with E-state index in [1.54, 1.807) is 0 Å². The molecule has 3 atom stereocenters. The summed E-state index contributed by atoms with van der Waals surface area (Å²) in [7, 11) is 0. The number of hydrogen-bond acceptors (Lipinski definition) is 5. The number of nitrogens with zero attached hydrogens (tertiary/aromatic N) is 3. The minimum absolute atomic E-state index is 0.394. The number of ether oxygens (including phenoxy) is 1. The summed E-state index contributed by atoms with van der Waals surface area (Å²) in [5, 5.41) is 11.6. The number of anilines is 1. The van der Waals surface area contributed by atoms with Gasteiger partial charge in [-0.05, 0) is 19.4 Å². The topological polar surface area (TPSA) is 64.0 Å². The first kappa shape index (κ1) is 10.8. The standard InChI is InChI=1S/C12H19N5O/c1-3-13-5-9-6-14-12-15-11(8-2-4-18-7-8)16-17(12)10(1)9/h8-10,13H,1-7H2,(H,14,15,16). The van der Waals surface area contributed by atoms with Crippen molar-refractivity contribution in [3.63, 3.8) is 0 Å². The molecule has 0 aromatic carbocycles. The maximum Gasteiger partial charge on any atom is 0.221 e. The molecule has 6 nitrogen and oxygen atoms in total. The summed E-state index contributed by atoms with van der Waals surface area (Å²) < 4.78 is 7.56. The van der Waals surface area contributed by atoms with Gasteiger partial charge in [0.25, 0.3) is 0 Å². The van der Waals surface area contributed by atoms with Crippen LogP contribution in [0.3, 0.4) is 0 Å². The van der Waals surface area contributed by atoms with Gasteiger partial charge in [0.1, 0.15) is 0 Å². The van der Waals surface area contributed by atoms with Crippen LogP contribution < -0.4 is 10.6 Å². The summed E-state index contributed by atoms with van der Waals surface area (Å²) in [6, 6.07) is 0.520. The van der Waals surface area contributed by atoms with E-state index in [0.29, 0.717) is 17.9 Å². The molecule has 0 radical (unpaired) electrons. The van der Waals surface area contributed by atoms with Crippen molar-refractivity contribution in [2.75, 3.05) is 38.2 Å². The van der Waals surface area contributed by atoms with Crippen molar-refractivity contribution >= 4 is 5.95 Å². The molecule has 3 unspecified atom stereocenters. The Morgan fingerprint density at radius 1 is 1.28 bits per heavy atom. The van der Waals surface area contributed by atoms with Gasteiger partial charge in [-0.15, -0.1) is 0 Å². The molecule has 3 aliphatic rings. The zero-order chi connectivity index (χ0) is 11.9. The van der Waals surface area contributed by atoms with E-state index in [1.165, 1.54) is 0 Å². The molecule has 0 amide bonds. The summed E-state index contributed by atoms with van der Waals surface area (Å²) in [5.74, 6) is 2.96. The highest BCUT2D eigenvalue weighted by Gasteiger charge is 2.34. The Morgan fingerprint density at radius 3 is 3.17 bits per heavy atom. The van der Waals surface area contributed by atoms with E-state index < -0.39 is 0 Å². The smallest absolute Gasteiger partial charge is 0.221 e. The van der Waals surface area contributed by atoms with Gasteiger partial charge in [0.15, 0.2) is 5.82 Å². The summed E-state index contributed by atoms with van der Waals surface area (Å²) in [6.45, 7) is 4.80. The molecule has 0 aliphatic carbocycles. The predicted molar refractivity (Wildman–Crippen MR) is 66.7 cm³/mol. The molecule has 0 bridgehead atoms. The molecule has 2 N–H and O–H groups in total. The van der Waals surface area contributed by atoms with Crippen molar-refractivity contribution in [2.24, 2.45) is 5.92 Å². The molecule has 3 aliphatic heterocycles. The zero-order valence-corrected chi connectivity index (χ0v) is 10.4. The molecule has 0 spiro atoms. The lowest BCUT2D eigenvalue weighted by atomic mass is 9.92. The van der Waals surface area contributed by atoms with Gasteiger partial charge in [0.05, 0.1) is 12.6 Å². The number of aromatic nitrogens is 3. The lowest BCUT2D eigenvalue weighted by Crippen LogP contribution is -2.44. The molecular formula is C12H19N5O. The fraction of sp³-hybridized carbons (Fsp3) is 0.833. The normalized spacial score (nSPS) is 34.8. The molecule has 4 rings (SSSR count). The van der Waals surface area contributed by atoms with E-state index in [0.717, 1.165) is 57.5 Å². The second-order valence-corrected chi connectivity index (χ2v) is 5.50. The number of nitrogens with one attached hydrogen (secondary N) is 2. The number of piperidine rings is 1. The minimum Gasteiger partial charge on any atom is -0.381 e. The highest BCUT2D eigenvalue weighted by atomic mass is 16.5. The Kier molecular flexibility index (Phi) is 2.51. The van der Waals surface area contributed by atoms with Gasteiger partial charge < -0.3 is 15.4 Å². The van der Waals surface area contributed by atoms with E-state index in [-0.39, 0.29) is 0 Å². The molecule has 2 saturated heterocycles. The first-order valence-corrected chi connectivity index (χ1v) is 6.90. The van der Waals surface area contributed by atoms with Crippen molar-refractivity contribution in [1.29, 1.82) is 0 Å². The number of fused-ring (bicyclic) bond motifs is 3. The van der Waals surface area contributed by atoms with Crippen LogP contribution in [0.2, 0.25) is 0 Å². The van der Waals surface area contributed by atoms with Gasteiger partial charge in [0.2, 0.25) is 5.95 Å². The summed E-state index contributed by atoms with van der Waals surface area (Å²) in [6.07, 6.45) is 2.21. The van der Waals surface area contributed by atoms with Crippen LogP contribution in [0.4, 0.5) is 5.95 Å². The average molecular weight is 249 g/mol. The Balaban J connectivity index is 1.65. The number of rotatable bonds is 1. The third-order valence-electron chi connectivity index (χ3n) is 4.35.